The Labute approximate surface area is 141 Å². The fraction of sp³-hybridized carbons (Fsp3) is 0.600. The topological polar surface area (TPSA) is 21.7 Å². The molecule has 1 fully saturated rings. The summed E-state index contributed by atoms with van der Waals surface area (Å²) in [6, 6.07) is 7.71. The van der Waals surface area contributed by atoms with Gasteiger partial charge in [-0.05, 0) is 44.2 Å². The Morgan fingerprint density at radius 1 is 1.17 bits per heavy atom. The molecule has 0 N–H and O–H groups in total. The molecule has 23 heavy (non-hydrogen) atoms. The van der Waals surface area contributed by atoms with Gasteiger partial charge in [-0.15, -0.1) is 0 Å². The zero-order chi connectivity index (χ0) is 16.5. The molecule has 1 aliphatic carbocycles. The highest BCUT2D eigenvalue weighted by Crippen LogP contribution is 2.34. The standard InChI is InChI=1S/C11H16O2.C9H15N/c1-3-4-9-13-11-8-6-5-7-10(11)12-2;1-10-7-6-8-4-2-3-5-9(8)10/h5-8H,3-4,9H2,1-2H3;5,8H,2-4,6-7H2,1H3. The predicted molar refractivity (Wildman–Crippen MR) is 96.1 cm³/mol. The highest BCUT2D eigenvalue weighted by atomic mass is 16.5. The number of fused-ring (bicyclic) bond motifs is 1. The van der Waals surface area contributed by atoms with E-state index in [-0.39, 0.29) is 0 Å². The molecule has 2 aliphatic rings. The van der Waals surface area contributed by atoms with Crippen LogP contribution in [-0.4, -0.2) is 32.2 Å². The molecule has 1 heterocycles. The van der Waals surface area contributed by atoms with Gasteiger partial charge in [0.2, 0.25) is 0 Å². The second-order valence-electron chi connectivity index (χ2n) is 6.32. The van der Waals surface area contributed by atoms with Crippen molar-refractivity contribution in [2.24, 2.45) is 5.92 Å². The second-order valence-corrected chi connectivity index (χ2v) is 6.32. The van der Waals surface area contributed by atoms with Crippen LogP contribution in [-0.2, 0) is 0 Å². The Morgan fingerprint density at radius 2 is 1.96 bits per heavy atom. The van der Waals surface area contributed by atoms with E-state index in [9.17, 15) is 0 Å². The molecule has 3 heteroatoms. The number of nitrogens with zero attached hydrogens (tertiary/aromatic N) is 1. The fourth-order valence-electron chi connectivity index (χ4n) is 3.23. The summed E-state index contributed by atoms with van der Waals surface area (Å²) in [4.78, 5) is 2.42. The molecule has 1 aliphatic heterocycles. The first-order valence-corrected chi connectivity index (χ1v) is 8.93. The van der Waals surface area contributed by atoms with Crippen molar-refractivity contribution in [3.05, 3.63) is 36.0 Å². The number of rotatable bonds is 5. The summed E-state index contributed by atoms with van der Waals surface area (Å²) >= 11 is 0. The van der Waals surface area contributed by atoms with Gasteiger partial charge >= 0.3 is 0 Å². The van der Waals surface area contributed by atoms with Crippen LogP contribution in [0.4, 0.5) is 0 Å². The van der Waals surface area contributed by atoms with E-state index in [0.717, 1.165) is 36.9 Å². The monoisotopic (exact) mass is 317 g/mol. The maximum atomic E-state index is 5.54. The summed E-state index contributed by atoms with van der Waals surface area (Å²) in [5.74, 6) is 2.57. The molecule has 3 nitrogen and oxygen atoms in total. The normalized spacial score (nSPS) is 19.3. The van der Waals surface area contributed by atoms with Gasteiger partial charge < -0.3 is 14.4 Å². The van der Waals surface area contributed by atoms with Crippen LogP contribution in [0, 0.1) is 5.92 Å². The van der Waals surface area contributed by atoms with Crippen molar-refractivity contribution in [3.63, 3.8) is 0 Å². The van der Waals surface area contributed by atoms with Gasteiger partial charge in [-0.1, -0.05) is 31.6 Å². The molecule has 0 saturated carbocycles. The third-order valence-corrected chi connectivity index (χ3v) is 4.61. The molecule has 1 aromatic carbocycles. The van der Waals surface area contributed by atoms with Gasteiger partial charge in [0, 0.05) is 25.2 Å². The van der Waals surface area contributed by atoms with E-state index >= 15 is 0 Å². The van der Waals surface area contributed by atoms with Crippen LogP contribution in [0.2, 0.25) is 0 Å². The number of hydrogen-bond acceptors (Lipinski definition) is 3. The lowest BCUT2D eigenvalue weighted by molar-refractivity contribution is 0.288. The van der Waals surface area contributed by atoms with E-state index in [1.165, 1.54) is 32.2 Å². The number of para-hydroxylation sites is 2. The van der Waals surface area contributed by atoms with E-state index in [1.807, 2.05) is 24.3 Å². The fourth-order valence-corrected chi connectivity index (χ4v) is 3.23. The Morgan fingerprint density at radius 3 is 2.65 bits per heavy atom. The smallest absolute Gasteiger partial charge is 0.161 e. The van der Waals surface area contributed by atoms with Gasteiger partial charge in [0.1, 0.15) is 0 Å². The lowest BCUT2D eigenvalue weighted by atomic mass is 9.93. The highest BCUT2D eigenvalue weighted by Gasteiger charge is 2.26. The minimum absolute atomic E-state index is 0.761. The Bertz CT molecular complexity index is 498. The number of ether oxygens (including phenoxy) is 2. The van der Waals surface area contributed by atoms with Crippen molar-refractivity contribution in [2.75, 3.05) is 27.3 Å². The van der Waals surface area contributed by atoms with Gasteiger partial charge in [-0.2, -0.15) is 0 Å². The summed E-state index contributed by atoms with van der Waals surface area (Å²) < 4.78 is 10.7. The van der Waals surface area contributed by atoms with Crippen LogP contribution in [0.25, 0.3) is 0 Å². The Kier molecular flexibility index (Phi) is 7.31. The van der Waals surface area contributed by atoms with Gasteiger partial charge in [0.15, 0.2) is 11.5 Å². The van der Waals surface area contributed by atoms with Crippen molar-refractivity contribution < 1.29 is 9.47 Å². The van der Waals surface area contributed by atoms with Gasteiger partial charge in [0.25, 0.3) is 0 Å². The van der Waals surface area contributed by atoms with Crippen molar-refractivity contribution in [1.82, 2.24) is 4.90 Å². The van der Waals surface area contributed by atoms with Crippen molar-refractivity contribution in [2.45, 2.75) is 45.4 Å². The van der Waals surface area contributed by atoms with E-state index in [2.05, 4.69) is 24.9 Å². The molecule has 0 aromatic heterocycles. The zero-order valence-electron chi connectivity index (χ0n) is 14.9. The molecule has 0 spiro atoms. The number of likely N-dealkylation sites (tertiary alicyclic amines) is 1. The molecule has 1 aromatic rings. The second kappa shape index (κ2) is 9.49. The summed E-state index contributed by atoms with van der Waals surface area (Å²) in [5.41, 5.74) is 1.63. The first-order chi connectivity index (χ1) is 11.3. The number of unbranched alkanes of at least 4 members (excludes halogenated alkanes) is 1. The molecular weight excluding hydrogens is 286 g/mol. The Hall–Kier alpha value is -1.64. The maximum absolute atomic E-state index is 5.54. The summed E-state index contributed by atoms with van der Waals surface area (Å²) in [5, 5.41) is 0. The SMILES string of the molecule is CCCCOc1ccccc1OC.CN1CCC2CCCC=C21. The summed E-state index contributed by atoms with van der Waals surface area (Å²) in [6.07, 6.45) is 10.2. The molecule has 0 bridgehead atoms. The number of allylic oxidation sites excluding steroid dienone is 2. The lowest BCUT2D eigenvalue weighted by Gasteiger charge is -2.20. The first-order valence-electron chi connectivity index (χ1n) is 8.93. The molecular formula is C20H31NO2. The maximum Gasteiger partial charge on any atom is 0.161 e. The van der Waals surface area contributed by atoms with Crippen molar-refractivity contribution in [1.29, 1.82) is 0 Å². The van der Waals surface area contributed by atoms with Gasteiger partial charge in [0.05, 0.1) is 13.7 Å². The zero-order valence-corrected chi connectivity index (χ0v) is 14.9. The van der Waals surface area contributed by atoms with Crippen LogP contribution in [0.5, 0.6) is 11.5 Å². The molecule has 1 saturated heterocycles. The Balaban J connectivity index is 0.000000172. The van der Waals surface area contributed by atoms with Crippen LogP contribution in [0.1, 0.15) is 45.4 Å². The molecule has 1 unspecified atom stereocenters. The average Bonchev–Trinajstić information content (AvgIpc) is 2.98. The van der Waals surface area contributed by atoms with Crippen LogP contribution >= 0.6 is 0 Å². The number of hydrogen-bond donors (Lipinski definition) is 0. The predicted octanol–water partition coefficient (Wildman–Crippen LogP) is 4.88. The molecule has 128 valence electrons. The summed E-state index contributed by atoms with van der Waals surface area (Å²) in [7, 11) is 3.87. The summed E-state index contributed by atoms with van der Waals surface area (Å²) in [6.45, 7) is 4.19. The molecule has 1 atom stereocenters. The van der Waals surface area contributed by atoms with Crippen LogP contribution in [0.15, 0.2) is 36.0 Å². The van der Waals surface area contributed by atoms with Gasteiger partial charge in [-0.3, -0.25) is 0 Å². The van der Waals surface area contributed by atoms with Crippen molar-refractivity contribution >= 4 is 0 Å². The average molecular weight is 317 g/mol. The van der Waals surface area contributed by atoms with Crippen molar-refractivity contribution in [3.8, 4) is 11.5 Å². The number of methoxy groups -OCH3 is 1. The number of benzene rings is 1. The lowest BCUT2D eigenvalue weighted by Crippen LogP contribution is -2.13. The van der Waals surface area contributed by atoms with E-state index in [1.54, 1.807) is 12.8 Å². The van der Waals surface area contributed by atoms with E-state index < -0.39 is 0 Å². The molecule has 3 rings (SSSR count). The first kappa shape index (κ1) is 17.7. The van der Waals surface area contributed by atoms with Crippen LogP contribution in [0.3, 0.4) is 0 Å². The van der Waals surface area contributed by atoms with E-state index in [4.69, 9.17) is 9.47 Å². The molecule has 0 amide bonds. The third-order valence-electron chi connectivity index (χ3n) is 4.61. The van der Waals surface area contributed by atoms with E-state index in [0.29, 0.717) is 0 Å². The largest absolute Gasteiger partial charge is 0.493 e. The molecule has 0 radical (unpaired) electrons. The van der Waals surface area contributed by atoms with Crippen LogP contribution < -0.4 is 9.47 Å². The third kappa shape index (κ3) is 5.19. The minimum atomic E-state index is 0.761. The minimum Gasteiger partial charge on any atom is -0.493 e. The highest BCUT2D eigenvalue weighted by molar-refractivity contribution is 5.39. The van der Waals surface area contributed by atoms with Gasteiger partial charge in [-0.25, -0.2) is 0 Å². The quantitative estimate of drug-likeness (QED) is 0.722.